The van der Waals surface area contributed by atoms with E-state index in [-0.39, 0.29) is 19.8 Å². The highest BCUT2D eigenvalue weighted by molar-refractivity contribution is 5.74. The first-order valence-corrected chi connectivity index (χ1v) is 9.96. The normalized spacial score (nSPS) is 13.3. The molecule has 1 aromatic heterocycles. The Morgan fingerprint density at radius 2 is 1.88 bits per heavy atom. The van der Waals surface area contributed by atoms with Crippen molar-refractivity contribution >= 4 is 5.97 Å². The molecule has 2 atom stereocenters. The number of esters is 1. The Bertz CT molecular complexity index is 977. The molecule has 0 aliphatic heterocycles. The van der Waals surface area contributed by atoms with E-state index in [0.717, 1.165) is 6.20 Å². The van der Waals surface area contributed by atoms with Crippen LogP contribution in [0.3, 0.4) is 0 Å². The fourth-order valence-corrected chi connectivity index (χ4v) is 2.74. The van der Waals surface area contributed by atoms with Gasteiger partial charge < -0.3 is 24.1 Å². The smallest absolute Gasteiger partial charge is 0.425 e. The van der Waals surface area contributed by atoms with Gasteiger partial charge in [-0.1, -0.05) is 12.1 Å². The molecular weight excluding hydrogens is 449 g/mol. The van der Waals surface area contributed by atoms with Crippen molar-refractivity contribution in [1.82, 2.24) is 9.78 Å². The van der Waals surface area contributed by atoms with Crippen LogP contribution >= 0.6 is 0 Å². The van der Waals surface area contributed by atoms with Gasteiger partial charge in [0.05, 0.1) is 39.7 Å². The monoisotopic (exact) mass is 474 g/mol. The second kappa shape index (κ2) is 11.7. The van der Waals surface area contributed by atoms with Gasteiger partial charge in [0.15, 0.2) is 17.4 Å². The van der Waals surface area contributed by atoms with Gasteiger partial charge in [0.1, 0.15) is 11.9 Å². The van der Waals surface area contributed by atoms with Crippen LogP contribution in [0.25, 0.3) is 0 Å². The SMILES string of the molecule is CCOC(=O)C(O)COC[C@H](C)Oc1cnn(Cc2ccc(OC)cc2)c(=O)c1C(F)(F)F. The largest absolute Gasteiger partial charge is 0.497 e. The van der Waals surface area contributed by atoms with Crippen molar-refractivity contribution in [3.63, 3.8) is 0 Å². The molecule has 1 N–H and O–H groups in total. The second-order valence-electron chi connectivity index (χ2n) is 6.93. The van der Waals surface area contributed by atoms with Crippen LogP contribution in [0.2, 0.25) is 0 Å². The molecule has 33 heavy (non-hydrogen) atoms. The molecule has 1 aromatic carbocycles. The lowest BCUT2D eigenvalue weighted by Gasteiger charge is -2.19. The van der Waals surface area contributed by atoms with Crippen LogP contribution < -0.4 is 15.0 Å². The first kappa shape index (κ1) is 26.1. The Balaban J connectivity index is 2.12. The summed E-state index contributed by atoms with van der Waals surface area (Å²) in [5.41, 5.74) is -2.31. The van der Waals surface area contributed by atoms with E-state index in [0.29, 0.717) is 16.0 Å². The van der Waals surface area contributed by atoms with Crippen LogP contribution in [0.4, 0.5) is 13.2 Å². The van der Waals surface area contributed by atoms with E-state index in [1.807, 2.05) is 0 Å². The zero-order valence-corrected chi connectivity index (χ0v) is 18.3. The number of carbonyl (C=O) groups excluding carboxylic acids is 1. The third-order valence-corrected chi connectivity index (χ3v) is 4.30. The second-order valence-corrected chi connectivity index (χ2v) is 6.93. The van der Waals surface area contributed by atoms with Crippen molar-refractivity contribution in [2.45, 2.75) is 38.8 Å². The van der Waals surface area contributed by atoms with Crippen LogP contribution in [0.5, 0.6) is 11.5 Å². The van der Waals surface area contributed by atoms with Crippen LogP contribution in [0.15, 0.2) is 35.3 Å². The average molecular weight is 474 g/mol. The van der Waals surface area contributed by atoms with Crippen molar-refractivity contribution in [1.29, 1.82) is 0 Å². The van der Waals surface area contributed by atoms with E-state index in [1.54, 1.807) is 31.2 Å². The standard InChI is InChI=1S/C21H25F3N2O7/c1-4-32-20(29)16(27)12-31-11-13(2)33-17-9-25-26(19(28)18(17)21(22,23)24)10-14-5-7-15(30-3)8-6-14/h5-9,13,16,27H,4,10-12H2,1-3H3/t13-,16?/m0/s1. The molecule has 1 heterocycles. The lowest BCUT2D eigenvalue weighted by molar-refractivity contribution is -0.156. The quantitative estimate of drug-likeness (QED) is 0.493. The Morgan fingerprint density at radius 3 is 2.45 bits per heavy atom. The molecule has 1 unspecified atom stereocenters. The lowest BCUT2D eigenvalue weighted by Crippen LogP contribution is -2.33. The van der Waals surface area contributed by atoms with Gasteiger partial charge in [0.25, 0.3) is 5.56 Å². The number of aliphatic hydroxyl groups is 1. The molecule has 0 aliphatic rings. The molecule has 0 saturated carbocycles. The Morgan fingerprint density at radius 1 is 1.21 bits per heavy atom. The molecule has 182 valence electrons. The maximum absolute atomic E-state index is 13.6. The predicted molar refractivity (Wildman–Crippen MR) is 109 cm³/mol. The van der Waals surface area contributed by atoms with Crippen molar-refractivity contribution < 1.29 is 42.0 Å². The number of aromatic nitrogens is 2. The molecule has 2 rings (SSSR count). The maximum atomic E-state index is 13.6. The zero-order valence-electron chi connectivity index (χ0n) is 18.3. The van der Waals surface area contributed by atoms with Crippen LogP contribution in [-0.2, 0) is 27.0 Å². The van der Waals surface area contributed by atoms with Crippen molar-refractivity contribution in [2.24, 2.45) is 0 Å². The number of methoxy groups -OCH3 is 1. The summed E-state index contributed by atoms with van der Waals surface area (Å²) in [5.74, 6) is -1.07. The predicted octanol–water partition coefficient (Wildman–Crippen LogP) is 2.03. The van der Waals surface area contributed by atoms with E-state index in [9.17, 15) is 27.9 Å². The van der Waals surface area contributed by atoms with Gasteiger partial charge in [-0.15, -0.1) is 0 Å². The van der Waals surface area contributed by atoms with E-state index >= 15 is 0 Å². The van der Waals surface area contributed by atoms with Gasteiger partial charge >= 0.3 is 12.1 Å². The molecule has 12 heteroatoms. The molecular formula is C21H25F3N2O7. The number of halogens is 3. The number of hydrogen-bond acceptors (Lipinski definition) is 8. The molecule has 0 spiro atoms. The van der Waals surface area contributed by atoms with Gasteiger partial charge in [-0.25, -0.2) is 9.48 Å². The Kier molecular flexibility index (Phi) is 9.23. The van der Waals surface area contributed by atoms with E-state index < -0.39 is 47.8 Å². The maximum Gasteiger partial charge on any atom is 0.425 e. The van der Waals surface area contributed by atoms with Gasteiger partial charge in [0.2, 0.25) is 0 Å². The van der Waals surface area contributed by atoms with Crippen molar-refractivity contribution in [3.8, 4) is 11.5 Å². The minimum Gasteiger partial charge on any atom is -0.497 e. The fraction of sp³-hybridized carbons (Fsp3) is 0.476. The number of carbonyl (C=O) groups is 1. The number of ether oxygens (including phenoxy) is 4. The molecule has 0 aliphatic carbocycles. The lowest BCUT2D eigenvalue weighted by atomic mass is 10.2. The summed E-state index contributed by atoms with van der Waals surface area (Å²) in [6.45, 7) is 2.17. The number of nitrogens with zero attached hydrogens (tertiary/aromatic N) is 2. The highest BCUT2D eigenvalue weighted by Gasteiger charge is 2.39. The van der Waals surface area contributed by atoms with Gasteiger partial charge in [0, 0.05) is 0 Å². The highest BCUT2D eigenvalue weighted by Crippen LogP contribution is 2.33. The number of aliphatic hydroxyl groups excluding tert-OH is 1. The molecule has 0 saturated heterocycles. The van der Waals surface area contributed by atoms with Crippen LogP contribution in [0.1, 0.15) is 25.0 Å². The summed E-state index contributed by atoms with van der Waals surface area (Å²) < 4.78 is 61.6. The summed E-state index contributed by atoms with van der Waals surface area (Å²) in [5, 5.41) is 13.4. The summed E-state index contributed by atoms with van der Waals surface area (Å²) in [7, 11) is 1.48. The summed E-state index contributed by atoms with van der Waals surface area (Å²) >= 11 is 0. The van der Waals surface area contributed by atoms with E-state index in [2.05, 4.69) is 9.84 Å². The van der Waals surface area contributed by atoms with E-state index in [1.165, 1.54) is 14.0 Å². The van der Waals surface area contributed by atoms with Gasteiger partial charge in [-0.05, 0) is 31.5 Å². The third-order valence-electron chi connectivity index (χ3n) is 4.30. The number of alkyl halides is 3. The number of rotatable bonds is 11. The molecule has 0 bridgehead atoms. The minimum absolute atomic E-state index is 0.0760. The Hall–Kier alpha value is -3.12. The van der Waals surface area contributed by atoms with E-state index in [4.69, 9.17) is 14.2 Å². The number of hydrogen-bond donors (Lipinski definition) is 1. The summed E-state index contributed by atoms with van der Waals surface area (Å²) in [6, 6.07) is 6.44. The van der Waals surface area contributed by atoms with Gasteiger partial charge in [-0.3, -0.25) is 4.79 Å². The average Bonchev–Trinajstić information content (AvgIpc) is 2.75. The third kappa shape index (κ3) is 7.46. The minimum atomic E-state index is -4.99. The van der Waals surface area contributed by atoms with Crippen LogP contribution in [-0.4, -0.2) is 60.0 Å². The Labute approximate surface area is 187 Å². The first-order chi connectivity index (χ1) is 15.6. The highest BCUT2D eigenvalue weighted by atomic mass is 19.4. The summed E-state index contributed by atoms with van der Waals surface area (Å²) in [6.07, 6.45) is -6.65. The van der Waals surface area contributed by atoms with Crippen LogP contribution in [0, 0.1) is 0 Å². The topological polar surface area (TPSA) is 109 Å². The van der Waals surface area contributed by atoms with Gasteiger partial charge in [-0.2, -0.15) is 18.3 Å². The molecule has 0 fully saturated rings. The molecule has 0 amide bonds. The number of benzene rings is 1. The summed E-state index contributed by atoms with van der Waals surface area (Å²) in [4.78, 5) is 23.9. The molecule has 2 aromatic rings. The molecule has 9 nitrogen and oxygen atoms in total. The molecule has 0 radical (unpaired) electrons. The zero-order chi connectivity index (χ0) is 24.6. The fourth-order valence-electron chi connectivity index (χ4n) is 2.74. The first-order valence-electron chi connectivity index (χ1n) is 9.96. The van der Waals surface area contributed by atoms with Crippen molar-refractivity contribution in [3.05, 3.63) is 51.9 Å². The van der Waals surface area contributed by atoms with Crippen molar-refractivity contribution in [2.75, 3.05) is 26.9 Å².